The second-order valence-electron chi connectivity index (χ2n) is 16.8. The highest BCUT2D eigenvalue weighted by molar-refractivity contribution is 5.76. The molecule has 394 valence electrons. The molecule has 0 bridgehead atoms. The van der Waals surface area contributed by atoms with Gasteiger partial charge in [-0.25, -0.2) is 4.79 Å². The molecule has 5 saturated heterocycles. The molecule has 5 fully saturated rings. The van der Waals surface area contributed by atoms with Crippen LogP contribution < -0.4 is 10.6 Å². The highest BCUT2D eigenvalue weighted by Crippen LogP contribution is 2.39. The van der Waals surface area contributed by atoms with Gasteiger partial charge in [-0.1, -0.05) is 0 Å². The molecule has 0 aliphatic carbocycles. The SMILES string of the molecule is CC(=O)N[C@H]1[C@H](O[C@H]2[C@@H](O)[C@@H](CO)O[C@@H](O[C@H]3[C@@H](O)[C@@H](O)C(O)O[C@@H]3CO)[C@@H]2O)O[C@H](CO)[C@@H](O)[C@@H]1O[C@@H]1O[C@H](CO)[C@H](O)[C@H](O[C@]2(C(=O)O)C[C@H](O)[C@@H](NC(C)=O)[C@H]([C@H](O)[C@H](O)CO)O2)[C@H]1O. The first kappa shape index (κ1) is 56.3. The molecule has 26 atom stereocenters. The highest BCUT2D eigenvalue weighted by atomic mass is 16.8. The van der Waals surface area contributed by atoms with Crippen molar-refractivity contribution in [1.82, 2.24) is 10.6 Å². The Morgan fingerprint density at radius 2 is 1.03 bits per heavy atom. The van der Waals surface area contributed by atoms with Crippen molar-refractivity contribution in [1.29, 1.82) is 0 Å². The lowest BCUT2D eigenvalue weighted by Crippen LogP contribution is -2.71. The van der Waals surface area contributed by atoms with Gasteiger partial charge in [0.05, 0.1) is 45.2 Å². The molecule has 19 N–H and O–H groups in total. The number of aliphatic carboxylic acids is 1. The van der Waals surface area contributed by atoms with Gasteiger partial charge >= 0.3 is 5.97 Å². The van der Waals surface area contributed by atoms with Crippen molar-refractivity contribution in [3.63, 3.8) is 0 Å². The van der Waals surface area contributed by atoms with Gasteiger partial charge < -0.3 is 140 Å². The average molecular weight is 999 g/mol. The predicted octanol–water partition coefficient (Wildman–Crippen LogP) is -12.4. The van der Waals surface area contributed by atoms with Gasteiger partial charge in [0, 0.05) is 20.3 Å². The van der Waals surface area contributed by atoms with Crippen LogP contribution in [-0.4, -0.2) is 297 Å². The van der Waals surface area contributed by atoms with Crippen LogP contribution in [0.25, 0.3) is 0 Å². The van der Waals surface area contributed by atoms with Crippen LogP contribution in [0.2, 0.25) is 0 Å². The maximum absolute atomic E-state index is 13.0. The average Bonchev–Trinajstić information content (AvgIpc) is 3.29. The number of carboxylic acid groups (broad SMARTS) is 1. The molecule has 1 unspecified atom stereocenters. The summed E-state index contributed by atoms with van der Waals surface area (Å²) in [7, 11) is 0. The van der Waals surface area contributed by atoms with Crippen molar-refractivity contribution in [2.24, 2.45) is 0 Å². The van der Waals surface area contributed by atoms with E-state index in [1.807, 2.05) is 0 Å². The third-order valence-corrected chi connectivity index (χ3v) is 12.1. The molecule has 5 aliphatic rings. The van der Waals surface area contributed by atoms with E-state index in [-0.39, 0.29) is 0 Å². The Morgan fingerprint density at radius 3 is 1.53 bits per heavy atom. The summed E-state index contributed by atoms with van der Waals surface area (Å²) in [6.45, 7) is -3.28. The predicted molar refractivity (Wildman–Crippen MR) is 207 cm³/mol. The Hall–Kier alpha value is -2.59. The van der Waals surface area contributed by atoms with Crippen LogP contribution in [0.4, 0.5) is 0 Å². The lowest BCUT2D eigenvalue weighted by molar-refractivity contribution is -0.389. The number of hydrogen-bond donors (Lipinski definition) is 19. The number of ether oxygens (including phenoxy) is 9. The van der Waals surface area contributed by atoms with Crippen LogP contribution in [-0.2, 0) is 57.0 Å². The number of hydrogen-bond acceptors (Lipinski definition) is 28. The molecular weight excluding hydrogens is 936 g/mol. The van der Waals surface area contributed by atoms with Gasteiger partial charge in [-0.3, -0.25) is 9.59 Å². The standard InChI is InChI=1S/C37H62N2O29/c1-9(45)38-17-11(47)3-37(36(58)59,67-29(17)19(49)12(48)4-40)68-31-22(52)15(7-43)63-35(26(31)56)65-28-18(39-10(2)46)33(61-13(5-41)20(28)50)66-30-21(51)14(6-42)62-34(25(30)55)64-27-16(8-44)60-32(57)24(54)23(27)53/h11-35,40-44,47-57H,3-8H2,1-2H3,(H,38,45)(H,39,46)(H,58,59)/t11-,12+,13+,14+,15+,16+,17+,18+,19+,20+,21-,22-,23-,24+,25+,26+,27+,28+,29+,30-,31-,32?,33-,34-,35-,37-/m0/s1. The Labute approximate surface area is 384 Å². The monoisotopic (exact) mass is 998 g/mol. The Balaban J connectivity index is 1.45. The molecule has 0 aromatic rings. The van der Waals surface area contributed by atoms with E-state index in [4.69, 9.17) is 42.6 Å². The van der Waals surface area contributed by atoms with E-state index in [1.165, 1.54) is 0 Å². The van der Waals surface area contributed by atoms with Gasteiger partial charge in [0.2, 0.25) is 11.8 Å². The van der Waals surface area contributed by atoms with Gasteiger partial charge in [0.15, 0.2) is 25.2 Å². The first-order valence-corrected chi connectivity index (χ1v) is 21.2. The van der Waals surface area contributed by atoms with Crippen LogP contribution in [0.15, 0.2) is 0 Å². The van der Waals surface area contributed by atoms with Crippen LogP contribution in [0.1, 0.15) is 20.3 Å². The number of nitrogens with one attached hydrogen (secondary N) is 2. The zero-order valence-corrected chi connectivity index (χ0v) is 36.2. The summed E-state index contributed by atoms with van der Waals surface area (Å²) in [5, 5.41) is 185. The number of aliphatic hydroxyl groups excluding tert-OH is 16. The minimum atomic E-state index is -3.19. The smallest absolute Gasteiger partial charge is 0.364 e. The normalized spacial score (nSPS) is 46.6. The zero-order valence-electron chi connectivity index (χ0n) is 36.2. The lowest BCUT2D eigenvalue weighted by Gasteiger charge is -2.51. The molecule has 68 heavy (non-hydrogen) atoms. The molecule has 5 aliphatic heterocycles. The maximum atomic E-state index is 13.0. The summed E-state index contributed by atoms with van der Waals surface area (Å²) in [6, 6.07) is -3.51. The highest BCUT2D eigenvalue weighted by Gasteiger charge is 2.61. The fourth-order valence-corrected chi connectivity index (χ4v) is 8.53. The van der Waals surface area contributed by atoms with Gasteiger partial charge in [-0.2, -0.15) is 0 Å². The van der Waals surface area contributed by atoms with Crippen LogP contribution in [0.3, 0.4) is 0 Å². The quantitative estimate of drug-likeness (QED) is 0.0606. The van der Waals surface area contributed by atoms with Gasteiger partial charge in [0.1, 0.15) is 116 Å². The van der Waals surface area contributed by atoms with E-state index in [0.29, 0.717) is 0 Å². The zero-order chi connectivity index (χ0) is 50.7. The Bertz CT molecular complexity index is 1660. The number of carboxylic acids is 1. The second-order valence-corrected chi connectivity index (χ2v) is 16.8. The first-order chi connectivity index (χ1) is 32.0. The summed E-state index contributed by atoms with van der Waals surface area (Å²) in [5.74, 6) is -6.99. The van der Waals surface area contributed by atoms with Gasteiger partial charge in [0.25, 0.3) is 5.79 Å². The number of aliphatic hydroxyl groups is 16. The third kappa shape index (κ3) is 11.8. The molecule has 0 saturated carbocycles. The van der Waals surface area contributed by atoms with Crippen molar-refractivity contribution in [3.8, 4) is 0 Å². The molecular formula is C37H62N2O29. The van der Waals surface area contributed by atoms with Crippen LogP contribution >= 0.6 is 0 Å². The molecule has 31 heteroatoms. The van der Waals surface area contributed by atoms with E-state index < -0.39 is 216 Å². The van der Waals surface area contributed by atoms with E-state index in [9.17, 15) is 101 Å². The van der Waals surface area contributed by atoms with Crippen molar-refractivity contribution in [2.75, 3.05) is 33.0 Å². The van der Waals surface area contributed by atoms with E-state index in [2.05, 4.69) is 10.6 Å². The van der Waals surface area contributed by atoms with Crippen molar-refractivity contribution in [2.45, 2.75) is 179 Å². The van der Waals surface area contributed by atoms with E-state index in [0.717, 1.165) is 13.8 Å². The number of amides is 2. The molecule has 0 aromatic carbocycles. The molecule has 0 aromatic heterocycles. The second kappa shape index (κ2) is 23.8. The van der Waals surface area contributed by atoms with E-state index in [1.54, 1.807) is 0 Å². The molecule has 0 radical (unpaired) electrons. The fraction of sp³-hybridized carbons (Fsp3) is 0.919. The van der Waals surface area contributed by atoms with Crippen LogP contribution in [0.5, 0.6) is 0 Å². The lowest BCUT2D eigenvalue weighted by atomic mass is 9.88. The molecule has 31 nitrogen and oxygen atoms in total. The summed E-state index contributed by atoms with van der Waals surface area (Å²) < 4.78 is 50.7. The fourth-order valence-electron chi connectivity index (χ4n) is 8.53. The summed E-state index contributed by atoms with van der Waals surface area (Å²) >= 11 is 0. The molecule has 2 amide bonds. The van der Waals surface area contributed by atoms with Crippen LogP contribution in [0, 0.1) is 0 Å². The first-order valence-electron chi connectivity index (χ1n) is 21.2. The van der Waals surface area contributed by atoms with Crippen molar-refractivity contribution in [3.05, 3.63) is 0 Å². The van der Waals surface area contributed by atoms with Crippen molar-refractivity contribution >= 4 is 17.8 Å². The largest absolute Gasteiger partial charge is 0.477 e. The topological polar surface area (TPSA) is 502 Å². The minimum absolute atomic E-state index is 0.818. The Kier molecular flexibility index (Phi) is 19.7. The minimum Gasteiger partial charge on any atom is -0.477 e. The molecule has 5 rings (SSSR count). The van der Waals surface area contributed by atoms with E-state index >= 15 is 0 Å². The summed E-state index contributed by atoms with van der Waals surface area (Å²) in [4.78, 5) is 37.7. The summed E-state index contributed by atoms with van der Waals surface area (Å²) in [5.41, 5.74) is 0. The molecule has 5 heterocycles. The maximum Gasteiger partial charge on any atom is 0.364 e. The van der Waals surface area contributed by atoms with Gasteiger partial charge in [-0.05, 0) is 0 Å². The van der Waals surface area contributed by atoms with Gasteiger partial charge in [-0.15, -0.1) is 0 Å². The summed E-state index contributed by atoms with van der Waals surface area (Å²) in [6.07, 6.45) is -47.6. The van der Waals surface area contributed by atoms with Crippen molar-refractivity contribution < 1.29 is 144 Å². The number of rotatable bonds is 18. The third-order valence-electron chi connectivity index (χ3n) is 12.1. The number of carbonyl (C=O) groups is 3. The molecule has 0 spiro atoms. The number of carbonyl (C=O) groups excluding carboxylic acids is 2. The Morgan fingerprint density at radius 1 is 0.574 bits per heavy atom.